The number of carbonyl (C=O) groups excluding carboxylic acids is 1. The Labute approximate surface area is 157 Å². The fourth-order valence-corrected chi connectivity index (χ4v) is 2.85. The van der Waals surface area contributed by atoms with E-state index >= 15 is 0 Å². The number of hydrogen-bond donors (Lipinski definition) is 0. The van der Waals surface area contributed by atoms with Gasteiger partial charge in [-0.05, 0) is 43.7 Å². The molecule has 6 heteroatoms. The number of nitrogens with zero attached hydrogens (tertiary/aromatic N) is 2. The number of aromatic nitrogens is 2. The smallest absolute Gasteiger partial charge is 0.357 e. The highest BCUT2D eigenvalue weighted by molar-refractivity contribution is 6.00. The molecule has 1 aromatic carbocycles. The first-order valence-corrected chi connectivity index (χ1v) is 8.81. The van der Waals surface area contributed by atoms with E-state index < -0.39 is 5.97 Å². The van der Waals surface area contributed by atoms with Crippen LogP contribution in [-0.2, 0) is 16.0 Å². The van der Waals surface area contributed by atoms with Crippen molar-refractivity contribution in [1.29, 1.82) is 0 Å². The average Bonchev–Trinajstić information content (AvgIpc) is 3.07. The molecule has 0 spiro atoms. The maximum Gasteiger partial charge on any atom is 0.357 e. The number of hydrogen-bond acceptors (Lipinski definition) is 4. The molecule has 0 unspecified atom stereocenters. The number of pyridine rings is 1. The number of carbonyl (C=O) groups is 1. The lowest BCUT2D eigenvalue weighted by Crippen LogP contribution is -2.10. The molecule has 0 atom stereocenters. The molecule has 0 N–H and O–H groups in total. The summed E-state index contributed by atoms with van der Waals surface area (Å²) in [4.78, 5) is 16.6. The van der Waals surface area contributed by atoms with Crippen molar-refractivity contribution in [3.63, 3.8) is 0 Å². The van der Waals surface area contributed by atoms with Crippen LogP contribution in [0, 0.1) is 5.82 Å². The van der Waals surface area contributed by atoms with Gasteiger partial charge < -0.3 is 14.0 Å². The van der Waals surface area contributed by atoms with Crippen molar-refractivity contribution >= 4 is 22.9 Å². The van der Waals surface area contributed by atoms with Crippen molar-refractivity contribution < 1.29 is 18.7 Å². The van der Waals surface area contributed by atoms with Crippen LogP contribution in [-0.4, -0.2) is 28.7 Å². The molecule has 0 radical (unpaired) electrons. The third kappa shape index (κ3) is 4.16. The second-order valence-electron chi connectivity index (χ2n) is 5.87. The normalized spacial score (nSPS) is 11.2. The summed E-state index contributed by atoms with van der Waals surface area (Å²) in [6.45, 7) is 5.01. The van der Waals surface area contributed by atoms with Gasteiger partial charge in [0.05, 0.1) is 31.2 Å². The van der Waals surface area contributed by atoms with Crippen LogP contribution >= 0.6 is 0 Å². The van der Waals surface area contributed by atoms with Gasteiger partial charge >= 0.3 is 5.97 Å². The molecule has 0 bridgehead atoms. The monoisotopic (exact) mass is 368 g/mol. The summed E-state index contributed by atoms with van der Waals surface area (Å²) in [6, 6.07) is 8.30. The summed E-state index contributed by atoms with van der Waals surface area (Å²) < 4.78 is 25.5. The Morgan fingerprint density at radius 3 is 2.67 bits per heavy atom. The molecule has 3 rings (SSSR count). The Morgan fingerprint density at radius 2 is 1.96 bits per heavy atom. The van der Waals surface area contributed by atoms with Crippen molar-refractivity contribution in [2.45, 2.75) is 20.4 Å². The van der Waals surface area contributed by atoms with E-state index in [1.165, 1.54) is 12.1 Å². The van der Waals surface area contributed by atoms with Gasteiger partial charge in [-0.15, -0.1) is 0 Å². The summed E-state index contributed by atoms with van der Waals surface area (Å²) in [6.07, 6.45) is 6.86. The second-order valence-corrected chi connectivity index (χ2v) is 5.87. The number of rotatable bonds is 7. The molecular weight excluding hydrogens is 347 g/mol. The molecule has 0 aliphatic heterocycles. The van der Waals surface area contributed by atoms with E-state index in [9.17, 15) is 9.18 Å². The van der Waals surface area contributed by atoms with Crippen LogP contribution in [0.25, 0.3) is 17.0 Å². The molecule has 0 amide bonds. The third-order valence-corrected chi connectivity index (χ3v) is 4.10. The molecule has 0 saturated heterocycles. The number of esters is 1. The molecular formula is C21H21FN2O3. The largest absolute Gasteiger partial charge is 0.501 e. The quantitative estimate of drug-likeness (QED) is 0.458. The molecule has 0 fully saturated rings. The Morgan fingerprint density at radius 1 is 1.19 bits per heavy atom. The second kappa shape index (κ2) is 8.49. The Kier molecular flexibility index (Phi) is 5.86. The maximum atomic E-state index is 13.1. The fraction of sp³-hybridized carbons (Fsp3) is 0.238. The van der Waals surface area contributed by atoms with Crippen LogP contribution in [0.4, 0.5) is 4.39 Å². The summed E-state index contributed by atoms with van der Waals surface area (Å²) >= 11 is 0. The zero-order valence-corrected chi connectivity index (χ0v) is 15.3. The highest BCUT2D eigenvalue weighted by Crippen LogP contribution is 2.25. The molecule has 0 aliphatic rings. The first-order chi connectivity index (χ1) is 13.1. The van der Waals surface area contributed by atoms with E-state index in [0.717, 1.165) is 16.5 Å². The van der Waals surface area contributed by atoms with Gasteiger partial charge in [0, 0.05) is 23.7 Å². The van der Waals surface area contributed by atoms with Gasteiger partial charge in [-0.25, -0.2) is 14.2 Å². The number of ether oxygens (including phenoxy) is 2. The van der Waals surface area contributed by atoms with Crippen molar-refractivity contribution in [2.24, 2.45) is 0 Å². The lowest BCUT2D eigenvalue weighted by Gasteiger charge is -2.09. The van der Waals surface area contributed by atoms with Crippen LogP contribution in [0.15, 0.2) is 49.0 Å². The Bertz CT molecular complexity index is 961. The maximum absolute atomic E-state index is 13.1. The minimum atomic E-state index is -0.471. The topological polar surface area (TPSA) is 53.4 Å². The zero-order chi connectivity index (χ0) is 19.2. The van der Waals surface area contributed by atoms with Gasteiger partial charge in [-0.3, -0.25) is 0 Å². The summed E-state index contributed by atoms with van der Waals surface area (Å²) in [5.74, 6) is -0.734. The van der Waals surface area contributed by atoms with E-state index in [2.05, 4.69) is 4.98 Å². The number of fused-ring (bicyclic) bond motifs is 1. The Hall–Kier alpha value is -3.15. The standard InChI is InChI=1S/C21H21FN2O3/c1-3-26-12-10-18-17-9-11-24(14-15-5-7-16(22)8-6-15)19(17)13-23-20(18)21(25)27-4-2/h5-13H,3-4,14H2,1-2H3/b12-10+. The first kappa shape index (κ1) is 18.6. The molecule has 140 valence electrons. The predicted octanol–water partition coefficient (Wildman–Crippen LogP) is 4.41. The van der Waals surface area contributed by atoms with Gasteiger partial charge in [0.1, 0.15) is 5.82 Å². The van der Waals surface area contributed by atoms with Crippen molar-refractivity contribution in [2.75, 3.05) is 13.2 Å². The van der Waals surface area contributed by atoms with E-state index in [1.54, 1.807) is 37.6 Å². The molecule has 5 nitrogen and oxygen atoms in total. The SMILES string of the molecule is CCO/C=C/c1c(C(=O)OCC)ncc2c1ccn2Cc1ccc(F)cc1. The van der Waals surface area contributed by atoms with E-state index in [1.807, 2.05) is 23.8 Å². The van der Waals surface area contributed by atoms with E-state index in [0.29, 0.717) is 18.7 Å². The van der Waals surface area contributed by atoms with Gasteiger partial charge in [-0.1, -0.05) is 12.1 Å². The van der Waals surface area contributed by atoms with E-state index in [4.69, 9.17) is 9.47 Å². The number of benzene rings is 1. The Balaban J connectivity index is 2.03. The number of halogens is 1. The molecule has 27 heavy (non-hydrogen) atoms. The summed E-state index contributed by atoms with van der Waals surface area (Å²) in [5, 5.41) is 0.867. The van der Waals surface area contributed by atoms with Crippen molar-refractivity contribution in [3.05, 3.63) is 71.6 Å². The molecule has 3 aromatic rings. The minimum absolute atomic E-state index is 0.250. The van der Waals surface area contributed by atoms with Crippen LogP contribution < -0.4 is 0 Å². The summed E-state index contributed by atoms with van der Waals surface area (Å²) in [7, 11) is 0. The van der Waals surface area contributed by atoms with Gasteiger partial charge in [-0.2, -0.15) is 0 Å². The first-order valence-electron chi connectivity index (χ1n) is 8.81. The van der Waals surface area contributed by atoms with Crippen LogP contribution in [0.5, 0.6) is 0 Å². The molecule has 0 saturated carbocycles. The van der Waals surface area contributed by atoms with Gasteiger partial charge in [0.15, 0.2) is 5.69 Å². The minimum Gasteiger partial charge on any atom is -0.501 e. The van der Waals surface area contributed by atoms with Crippen molar-refractivity contribution in [1.82, 2.24) is 9.55 Å². The van der Waals surface area contributed by atoms with E-state index in [-0.39, 0.29) is 18.1 Å². The van der Waals surface area contributed by atoms with Crippen molar-refractivity contribution in [3.8, 4) is 0 Å². The van der Waals surface area contributed by atoms with Crippen LogP contribution in [0.3, 0.4) is 0 Å². The lowest BCUT2D eigenvalue weighted by molar-refractivity contribution is 0.0519. The molecule has 0 aliphatic carbocycles. The summed E-state index contributed by atoms with van der Waals surface area (Å²) in [5.41, 5.74) is 2.73. The zero-order valence-electron chi connectivity index (χ0n) is 15.3. The molecule has 2 aromatic heterocycles. The third-order valence-electron chi connectivity index (χ3n) is 4.10. The van der Waals surface area contributed by atoms with Gasteiger partial charge in [0.2, 0.25) is 0 Å². The molecule has 2 heterocycles. The van der Waals surface area contributed by atoms with Crippen LogP contribution in [0.1, 0.15) is 35.5 Å². The highest BCUT2D eigenvalue weighted by Gasteiger charge is 2.17. The lowest BCUT2D eigenvalue weighted by atomic mass is 10.1. The highest BCUT2D eigenvalue weighted by atomic mass is 19.1. The predicted molar refractivity (Wildman–Crippen MR) is 102 cm³/mol. The van der Waals surface area contributed by atoms with Gasteiger partial charge in [0.25, 0.3) is 0 Å². The average molecular weight is 368 g/mol. The fourth-order valence-electron chi connectivity index (χ4n) is 2.85. The van der Waals surface area contributed by atoms with Crippen LogP contribution in [0.2, 0.25) is 0 Å².